The molecule has 3 aromatic rings. The van der Waals surface area contributed by atoms with Crippen LogP contribution in [0.4, 0.5) is 0 Å². The second-order valence-corrected chi connectivity index (χ2v) is 7.38. The van der Waals surface area contributed by atoms with Crippen LogP contribution >= 0.6 is 0 Å². The standard InChI is InChI=1S/C22H20N2O3/c25-20(12-15-13-23-19-9-4-2-6-16(15)19)24-11-5-10-22(14-24)18-8-3-1-7-17(18)21(26)27-22/h1-4,6-9,13,23H,5,10-12,14H2. The summed E-state index contributed by atoms with van der Waals surface area (Å²) >= 11 is 0. The van der Waals surface area contributed by atoms with Gasteiger partial charge in [-0.05, 0) is 30.5 Å². The van der Waals surface area contributed by atoms with E-state index in [2.05, 4.69) is 4.98 Å². The van der Waals surface area contributed by atoms with E-state index >= 15 is 0 Å². The highest BCUT2D eigenvalue weighted by Gasteiger charge is 2.48. The highest BCUT2D eigenvalue weighted by molar-refractivity contribution is 5.95. The van der Waals surface area contributed by atoms with Crippen LogP contribution in [-0.4, -0.2) is 34.8 Å². The predicted molar refractivity (Wildman–Crippen MR) is 101 cm³/mol. The second kappa shape index (κ2) is 5.98. The highest BCUT2D eigenvalue weighted by atomic mass is 16.6. The number of carbonyl (C=O) groups is 2. The maximum atomic E-state index is 13.0. The van der Waals surface area contributed by atoms with Gasteiger partial charge in [0.1, 0.15) is 0 Å². The smallest absolute Gasteiger partial charge is 0.339 e. The van der Waals surface area contributed by atoms with Gasteiger partial charge in [0.2, 0.25) is 5.91 Å². The third-order valence-electron chi connectivity index (χ3n) is 5.75. The average Bonchev–Trinajstić information content (AvgIpc) is 3.22. The zero-order chi connectivity index (χ0) is 18.4. The van der Waals surface area contributed by atoms with Crippen LogP contribution in [0.2, 0.25) is 0 Å². The maximum absolute atomic E-state index is 13.0. The largest absolute Gasteiger partial charge is 0.449 e. The molecule has 2 aromatic carbocycles. The van der Waals surface area contributed by atoms with Crippen molar-refractivity contribution in [1.29, 1.82) is 0 Å². The molecule has 1 aromatic heterocycles. The number of fused-ring (bicyclic) bond motifs is 3. The number of nitrogens with one attached hydrogen (secondary N) is 1. The third kappa shape index (κ3) is 2.53. The van der Waals surface area contributed by atoms with Crippen LogP contribution in [-0.2, 0) is 21.6 Å². The molecule has 0 saturated carbocycles. The van der Waals surface area contributed by atoms with Gasteiger partial charge in [-0.1, -0.05) is 36.4 Å². The molecule has 1 atom stereocenters. The number of esters is 1. The van der Waals surface area contributed by atoms with Crippen LogP contribution in [0.1, 0.15) is 34.3 Å². The van der Waals surface area contributed by atoms with Gasteiger partial charge in [0.05, 0.1) is 18.5 Å². The van der Waals surface area contributed by atoms with Crippen LogP contribution in [0.3, 0.4) is 0 Å². The van der Waals surface area contributed by atoms with Crippen molar-refractivity contribution in [3.63, 3.8) is 0 Å². The first-order chi connectivity index (χ1) is 13.2. The fourth-order valence-electron chi connectivity index (χ4n) is 4.44. The van der Waals surface area contributed by atoms with Crippen molar-refractivity contribution < 1.29 is 14.3 Å². The summed E-state index contributed by atoms with van der Waals surface area (Å²) in [7, 11) is 0. The quantitative estimate of drug-likeness (QED) is 0.713. The Bertz CT molecular complexity index is 1050. The highest BCUT2D eigenvalue weighted by Crippen LogP contribution is 2.42. The van der Waals surface area contributed by atoms with E-state index in [1.807, 2.05) is 53.6 Å². The Morgan fingerprint density at radius 2 is 1.96 bits per heavy atom. The number of carbonyl (C=O) groups excluding carboxylic acids is 2. The zero-order valence-corrected chi connectivity index (χ0v) is 14.9. The van der Waals surface area contributed by atoms with Crippen molar-refractivity contribution in [3.05, 3.63) is 71.4 Å². The number of para-hydroxylation sites is 1. The molecule has 3 heterocycles. The first-order valence-electron chi connectivity index (χ1n) is 9.32. The normalized spacial score (nSPS) is 21.5. The first kappa shape index (κ1) is 16.1. The number of aromatic amines is 1. The number of piperidine rings is 1. The molecule has 5 rings (SSSR count). The van der Waals surface area contributed by atoms with Crippen LogP contribution < -0.4 is 0 Å². The third-order valence-corrected chi connectivity index (χ3v) is 5.75. The molecule has 0 bridgehead atoms. The molecule has 1 fully saturated rings. The molecule has 2 aliphatic rings. The van der Waals surface area contributed by atoms with Gasteiger partial charge in [0, 0.05) is 29.2 Å². The molecule has 1 spiro atoms. The van der Waals surface area contributed by atoms with Crippen molar-refractivity contribution in [2.75, 3.05) is 13.1 Å². The number of hydrogen-bond acceptors (Lipinski definition) is 3. The van der Waals surface area contributed by atoms with Gasteiger partial charge in [-0.3, -0.25) is 4.79 Å². The lowest BCUT2D eigenvalue weighted by molar-refractivity contribution is -0.138. The number of ether oxygens (including phenoxy) is 1. The van der Waals surface area contributed by atoms with E-state index < -0.39 is 5.60 Å². The molecule has 1 amide bonds. The molecule has 5 heteroatoms. The van der Waals surface area contributed by atoms with Gasteiger partial charge in [-0.25, -0.2) is 4.79 Å². The van der Waals surface area contributed by atoms with Crippen molar-refractivity contribution in [3.8, 4) is 0 Å². The van der Waals surface area contributed by atoms with Crippen molar-refractivity contribution in [1.82, 2.24) is 9.88 Å². The lowest BCUT2D eigenvalue weighted by atomic mass is 9.85. The monoisotopic (exact) mass is 360 g/mol. The van der Waals surface area contributed by atoms with E-state index in [0.717, 1.165) is 34.9 Å². The number of likely N-dealkylation sites (tertiary alicyclic amines) is 1. The molecule has 1 saturated heterocycles. The summed E-state index contributed by atoms with van der Waals surface area (Å²) in [5.74, 6) is -0.212. The minimum Gasteiger partial charge on any atom is -0.449 e. The van der Waals surface area contributed by atoms with Crippen molar-refractivity contribution in [2.24, 2.45) is 0 Å². The molecule has 136 valence electrons. The lowest BCUT2D eigenvalue weighted by Crippen LogP contribution is -2.49. The summed E-state index contributed by atoms with van der Waals surface area (Å²) in [4.78, 5) is 30.4. The van der Waals surface area contributed by atoms with Crippen molar-refractivity contribution in [2.45, 2.75) is 24.9 Å². The van der Waals surface area contributed by atoms with Gasteiger partial charge in [0.25, 0.3) is 0 Å². The van der Waals surface area contributed by atoms with Gasteiger partial charge in [-0.15, -0.1) is 0 Å². The summed E-state index contributed by atoms with van der Waals surface area (Å²) in [6.07, 6.45) is 3.83. The van der Waals surface area contributed by atoms with Crippen molar-refractivity contribution >= 4 is 22.8 Å². The molecule has 1 N–H and O–H groups in total. The maximum Gasteiger partial charge on any atom is 0.339 e. The topological polar surface area (TPSA) is 62.4 Å². The Kier molecular flexibility index (Phi) is 3.57. The van der Waals surface area contributed by atoms with E-state index in [1.54, 1.807) is 6.07 Å². The molecule has 2 aliphatic heterocycles. The van der Waals surface area contributed by atoms with Crippen LogP contribution in [0.5, 0.6) is 0 Å². The van der Waals surface area contributed by atoms with E-state index in [0.29, 0.717) is 25.1 Å². The minimum absolute atomic E-state index is 0.0688. The molecule has 0 aliphatic carbocycles. The summed E-state index contributed by atoms with van der Waals surface area (Å²) in [5.41, 5.74) is 2.89. The number of rotatable bonds is 2. The van der Waals surface area contributed by atoms with Gasteiger partial charge < -0.3 is 14.6 Å². The van der Waals surface area contributed by atoms with Gasteiger partial charge in [-0.2, -0.15) is 0 Å². The fourth-order valence-corrected chi connectivity index (χ4v) is 4.44. The molecule has 5 nitrogen and oxygen atoms in total. The molecular formula is C22H20N2O3. The molecule has 1 unspecified atom stereocenters. The number of amides is 1. The molecule has 27 heavy (non-hydrogen) atoms. The number of benzene rings is 2. The Morgan fingerprint density at radius 1 is 1.15 bits per heavy atom. The summed E-state index contributed by atoms with van der Waals surface area (Å²) in [5, 5.41) is 1.08. The average molecular weight is 360 g/mol. The fraction of sp³-hybridized carbons (Fsp3) is 0.273. The van der Waals surface area contributed by atoms with Crippen LogP contribution in [0, 0.1) is 0 Å². The number of hydrogen-bond donors (Lipinski definition) is 1. The summed E-state index contributed by atoms with van der Waals surface area (Å²) in [6, 6.07) is 15.5. The van der Waals surface area contributed by atoms with Crippen LogP contribution in [0.15, 0.2) is 54.7 Å². The number of nitrogens with zero attached hydrogens (tertiary/aromatic N) is 1. The first-order valence-corrected chi connectivity index (χ1v) is 9.32. The predicted octanol–water partition coefficient (Wildman–Crippen LogP) is 3.40. The Morgan fingerprint density at radius 3 is 2.89 bits per heavy atom. The zero-order valence-electron chi connectivity index (χ0n) is 14.9. The summed E-state index contributed by atoms with van der Waals surface area (Å²) < 4.78 is 5.81. The van der Waals surface area contributed by atoms with E-state index in [-0.39, 0.29) is 11.9 Å². The van der Waals surface area contributed by atoms with Gasteiger partial charge >= 0.3 is 5.97 Å². The molecular weight excluding hydrogens is 340 g/mol. The van der Waals surface area contributed by atoms with Crippen LogP contribution in [0.25, 0.3) is 10.9 Å². The van der Waals surface area contributed by atoms with E-state index in [4.69, 9.17) is 4.74 Å². The Hall–Kier alpha value is -3.08. The van der Waals surface area contributed by atoms with Gasteiger partial charge in [0.15, 0.2) is 5.60 Å². The number of H-pyrrole nitrogens is 1. The Labute approximate surface area is 156 Å². The SMILES string of the molecule is O=C1OC2(CCCN(C(=O)Cc3c[nH]c4ccccc34)C2)c2ccccc21. The number of aromatic nitrogens is 1. The van der Waals surface area contributed by atoms with E-state index in [1.165, 1.54) is 0 Å². The molecule has 0 radical (unpaired) electrons. The lowest BCUT2D eigenvalue weighted by Gasteiger charge is -2.39. The minimum atomic E-state index is -0.693. The summed E-state index contributed by atoms with van der Waals surface area (Å²) in [6.45, 7) is 1.12. The van der Waals surface area contributed by atoms with E-state index in [9.17, 15) is 9.59 Å². The second-order valence-electron chi connectivity index (χ2n) is 7.38. The Balaban J connectivity index is 1.40.